The van der Waals surface area contributed by atoms with Gasteiger partial charge in [-0.1, -0.05) is 115 Å². The molecule has 0 aliphatic carbocycles. The number of nitrogens with zero attached hydrogens (tertiary/aromatic N) is 4. The van der Waals surface area contributed by atoms with Gasteiger partial charge in [0.05, 0.1) is 45.5 Å². The number of benzene rings is 8. The molecule has 0 unspecified atom stereocenters. The zero-order chi connectivity index (χ0) is 34.5. The van der Waals surface area contributed by atoms with E-state index in [0.29, 0.717) is 16.7 Å². The van der Waals surface area contributed by atoms with Gasteiger partial charge in [-0.15, -0.1) is 0 Å². The Morgan fingerprint density at radius 1 is 0.373 bits per heavy atom. The molecule has 1 aromatic heterocycles. The first-order valence-corrected chi connectivity index (χ1v) is 16.7. The topological polar surface area (TPSA) is 76.3 Å². The minimum absolute atomic E-state index is 0.479. The zero-order valence-corrected chi connectivity index (χ0v) is 27.3. The Morgan fingerprint density at radius 3 is 1.65 bits per heavy atom. The molecular formula is C47H26N4. The Hall–Kier alpha value is -7.45. The van der Waals surface area contributed by atoms with Crippen LogP contribution in [0.3, 0.4) is 0 Å². The van der Waals surface area contributed by atoms with Gasteiger partial charge in [0.15, 0.2) is 0 Å². The monoisotopic (exact) mass is 646 g/mol. The van der Waals surface area contributed by atoms with Crippen molar-refractivity contribution in [2.75, 3.05) is 0 Å². The molecule has 0 N–H and O–H groups in total. The van der Waals surface area contributed by atoms with Crippen LogP contribution in [0.1, 0.15) is 16.7 Å². The summed E-state index contributed by atoms with van der Waals surface area (Å²) >= 11 is 0. The van der Waals surface area contributed by atoms with Crippen LogP contribution < -0.4 is 0 Å². The first-order chi connectivity index (χ1) is 25.2. The SMILES string of the molecule is N#Cc1ccc2c(c1)c1ccccc1n2-c1ccc(-c2c(C#N)cccc2-c2c3ccccc3c(-c3ccccc3)c3ccccc23)cc1C#N. The van der Waals surface area contributed by atoms with Crippen molar-refractivity contribution in [1.82, 2.24) is 4.57 Å². The van der Waals surface area contributed by atoms with Gasteiger partial charge < -0.3 is 4.57 Å². The summed E-state index contributed by atoms with van der Waals surface area (Å²) < 4.78 is 2.09. The number of rotatable bonds is 4. The van der Waals surface area contributed by atoms with E-state index in [4.69, 9.17) is 0 Å². The maximum absolute atomic E-state index is 10.7. The first kappa shape index (κ1) is 29.7. The number of aromatic nitrogens is 1. The molecule has 0 amide bonds. The highest BCUT2D eigenvalue weighted by atomic mass is 15.0. The van der Waals surface area contributed by atoms with Gasteiger partial charge >= 0.3 is 0 Å². The fourth-order valence-electron chi connectivity index (χ4n) is 7.78. The van der Waals surface area contributed by atoms with E-state index in [0.717, 1.165) is 76.9 Å². The lowest BCUT2D eigenvalue weighted by atomic mass is 9.82. The molecule has 0 fully saturated rings. The molecular weight excluding hydrogens is 621 g/mol. The molecule has 0 radical (unpaired) electrons. The van der Waals surface area contributed by atoms with Gasteiger partial charge in [0, 0.05) is 16.3 Å². The summed E-state index contributed by atoms with van der Waals surface area (Å²) in [6.45, 7) is 0. The first-order valence-electron chi connectivity index (χ1n) is 16.7. The molecule has 4 nitrogen and oxygen atoms in total. The molecule has 0 spiro atoms. The third kappa shape index (κ3) is 4.58. The van der Waals surface area contributed by atoms with E-state index in [1.54, 1.807) is 0 Å². The van der Waals surface area contributed by atoms with E-state index in [1.807, 2.05) is 78.9 Å². The fraction of sp³-hybridized carbons (Fsp3) is 0. The van der Waals surface area contributed by atoms with Gasteiger partial charge in [0.25, 0.3) is 0 Å². The maximum atomic E-state index is 10.7. The number of hydrogen-bond donors (Lipinski definition) is 0. The lowest BCUT2D eigenvalue weighted by Crippen LogP contribution is -1.99. The van der Waals surface area contributed by atoms with Crippen LogP contribution in [0.2, 0.25) is 0 Å². The van der Waals surface area contributed by atoms with E-state index < -0.39 is 0 Å². The predicted octanol–water partition coefficient (Wildman–Crippen LogP) is 11.7. The van der Waals surface area contributed by atoms with Crippen LogP contribution in [0.25, 0.3) is 82.4 Å². The summed E-state index contributed by atoms with van der Waals surface area (Å²) in [5.41, 5.74) is 10.0. The molecule has 0 atom stereocenters. The predicted molar refractivity (Wildman–Crippen MR) is 206 cm³/mol. The average molecular weight is 647 g/mol. The van der Waals surface area contributed by atoms with Crippen LogP contribution in [0, 0.1) is 34.0 Å². The Labute approximate surface area is 294 Å². The fourth-order valence-corrected chi connectivity index (χ4v) is 7.78. The highest BCUT2D eigenvalue weighted by molar-refractivity contribution is 6.22. The van der Waals surface area contributed by atoms with Crippen LogP contribution in [0.5, 0.6) is 0 Å². The number of fused-ring (bicyclic) bond motifs is 5. The molecule has 1 heterocycles. The van der Waals surface area contributed by atoms with E-state index in [1.165, 1.54) is 5.56 Å². The summed E-state index contributed by atoms with van der Waals surface area (Å²) in [5.74, 6) is 0. The summed E-state index contributed by atoms with van der Waals surface area (Å²) in [6.07, 6.45) is 0. The Kier molecular flexibility index (Phi) is 6.93. The summed E-state index contributed by atoms with van der Waals surface area (Å²) in [7, 11) is 0. The molecule has 0 aliphatic heterocycles. The van der Waals surface area contributed by atoms with Gasteiger partial charge in [-0.25, -0.2) is 0 Å². The van der Waals surface area contributed by atoms with Crippen LogP contribution in [0.4, 0.5) is 0 Å². The van der Waals surface area contributed by atoms with Crippen LogP contribution in [-0.2, 0) is 0 Å². The molecule has 0 saturated carbocycles. The van der Waals surface area contributed by atoms with Crippen molar-refractivity contribution < 1.29 is 0 Å². The smallest absolute Gasteiger partial charge is 0.101 e. The number of para-hydroxylation sites is 1. The van der Waals surface area contributed by atoms with Gasteiger partial charge in [-0.3, -0.25) is 0 Å². The van der Waals surface area contributed by atoms with Crippen molar-refractivity contribution in [1.29, 1.82) is 15.8 Å². The molecule has 4 heteroatoms. The van der Waals surface area contributed by atoms with Crippen molar-refractivity contribution in [3.05, 3.63) is 174 Å². The summed E-state index contributed by atoms with van der Waals surface area (Å²) in [6, 6.07) is 60.1. The largest absolute Gasteiger partial charge is 0.308 e. The van der Waals surface area contributed by atoms with E-state index in [-0.39, 0.29) is 0 Å². The van der Waals surface area contributed by atoms with Crippen LogP contribution >= 0.6 is 0 Å². The van der Waals surface area contributed by atoms with Gasteiger partial charge in [-0.05, 0) is 91.8 Å². The molecule has 234 valence electrons. The lowest BCUT2D eigenvalue weighted by Gasteiger charge is -2.20. The van der Waals surface area contributed by atoms with Crippen LogP contribution in [-0.4, -0.2) is 4.57 Å². The van der Waals surface area contributed by atoms with Crippen molar-refractivity contribution in [3.8, 4) is 57.3 Å². The van der Waals surface area contributed by atoms with Crippen LogP contribution in [0.15, 0.2) is 158 Å². The van der Waals surface area contributed by atoms with E-state index >= 15 is 0 Å². The highest BCUT2D eigenvalue weighted by Gasteiger charge is 2.22. The van der Waals surface area contributed by atoms with Gasteiger partial charge in [0.2, 0.25) is 0 Å². The molecule has 9 aromatic rings. The lowest BCUT2D eigenvalue weighted by molar-refractivity contribution is 1.17. The molecule has 0 bridgehead atoms. The molecule has 0 aliphatic rings. The van der Waals surface area contributed by atoms with Crippen molar-refractivity contribution >= 4 is 43.4 Å². The summed E-state index contributed by atoms with van der Waals surface area (Å²) in [4.78, 5) is 0. The molecule has 9 rings (SSSR count). The second-order valence-corrected chi connectivity index (χ2v) is 12.6. The molecule has 0 saturated heterocycles. The summed E-state index contributed by atoms with van der Waals surface area (Å²) in [5, 5.41) is 37.2. The molecule has 8 aromatic carbocycles. The number of hydrogen-bond acceptors (Lipinski definition) is 3. The average Bonchev–Trinajstić information content (AvgIpc) is 3.53. The van der Waals surface area contributed by atoms with E-state index in [9.17, 15) is 15.8 Å². The molecule has 51 heavy (non-hydrogen) atoms. The van der Waals surface area contributed by atoms with Crippen molar-refractivity contribution in [2.24, 2.45) is 0 Å². The minimum atomic E-state index is 0.479. The van der Waals surface area contributed by atoms with E-state index in [2.05, 4.69) is 102 Å². The van der Waals surface area contributed by atoms with Gasteiger partial charge in [-0.2, -0.15) is 15.8 Å². The minimum Gasteiger partial charge on any atom is -0.308 e. The second-order valence-electron chi connectivity index (χ2n) is 12.6. The Bertz CT molecular complexity index is 2940. The third-order valence-electron chi connectivity index (χ3n) is 9.90. The standard InChI is InChI=1S/C47H26N4/c48-27-30-21-23-44-41(25-30)35-14-8-9-20-43(35)51(44)42-24-22-32(26-34(42)29-50)45-33(28-49)13-10-19-40(45)47-38-17-6-4-15-36(38)46(31-11-2-1-3-12-31)37-16-5-7-18-39(37)47/h1-26H. The van der Waals surface area contributed by atoms with Crippen molar-refractivity contribution in [2.45, 2.75) is 0 Å². The van der Waals surface area contributed by atoms with Gasteiger partial charge in [0.1, 0.15) is 6.07 Å². The maximum Gasteiger partial charge on any atom is 0.101 e. The number of nitriles is 3. The zero-order valence-electron chi connectivity index (χ0n) is 27.3. The third-order valence-corrected chi connectivity index (χ3v) is 9.90. The highest BCUT2D eigenvalue weighted by Crippen LogP contribution is 2.47. The Balaban J connectivity index is 1.32. The second kappa shape index (κ2) is 11.9. The normalized spacial score (nSPS) is 11.1. The van der Waals surface area contributed by atoms with Crippen molar-refractivity contribution in [3.63, 3.8) is 0 Å². The Morgan fingerprint density at radius 2 is 0.980 bits per heavy atom. The quantitative estimate of drug-likeness (QED) is 0.179.